The van der Waals surface area contributed by atoms with E-state index < -0.39 is 0 Å². The predicted octanol–water partition coefficient (Wildman–Crippen LogP) is 3.26. The maximum atomic E-state index is 5.47. The molecule has 0 aliphatic heterocycles. The summed E-state index contributed by atoms with van der Waals surface area (Å²) in [6, 6.07) is 9.44. The molecule has 0 aromatic heterocycles. The number of benzene rings is 1. The van der Waals surface area contributed by atoms with Gasteiger partial charge in [-0.25, -0.2) is 0 Å². The second-order valence-electron chi connectivity index (χ2n) is 5.42. The molecule has 0 amide bonds. The van der Waals surface area contributed by atoms with E-state index in [-0.39, 0.29) is 0 Å². The lowest BCUT2D eigenvalue weighted by Crippen LogP contribution is -2.35. The average Bonchev–Trinajstić information content (AvgIpc) is 2.52. The van der Waals surface area contributed by atoms with E-state index in [1.807, 2.05) is 14.0 Å². The van der Waals surface area contributed by atoms with Crippen molar-refractivity contribution in [2.75, 3.05) is 39.9 Å². The Balaban J connectivity index is 2.59. The molecular weight excluding hydrogens is 260 g/mol. The molecule has 3 heteroatoms. The molecule has 1 N–H and O–H groups in total. The van der Waals surface area contributed by atoms with E-state index >= 15 is 0 Å². The fraction of sp³-hybridized carbons (Fsp3) is 0.667. The highest BCUT2D eigenvalue weighted by Gasteiger charge is 2.13. The van der Waals surface area contributed by atoms with Gasteiger partial charge in [-0.15, -0.1) is 0 Å². The molecule has 0 saturated carbocycles. The van der Waals surface area contributed by atoms with E-state index in [4.69, 9.17) is 4.74 Å². The van der Waals surface area contributed by atoms with Crippen molar-refractivity contribution in [3.8, 4) is 0 Å². The predicted molar refractivity (Wildman–Crippen MR) is 90.8 cm³/mol. The summed E-state index contributed by atoms with van der Waals surface area (Å²) in [4.78, 5) is 2.44. The van der Waals surface area contributed by atoms with Crippen molar-refractivity contribution in [3.63, 3.8) is 0 Å². The summed E-state index contributed by atoms with van der Waals surface area (Å²) in [5, 5.41) is 3.44. The summed E-state index contributed by atoms with van der Waals surface area (Å²) in [7, 11) is 2.04. The van der Waals surface area contributed by atoms with E-state index in [2.05, 4.69) is 48.3 Å². The van der Waals surface area contributed by atoms with Crippen LogP contribution in [0.15, 0.2) is 24.3 Å². The van der Waals surface area contributed by atoms with Crippen molar-refractivity contribution in [2.24, 2.45) is 0 Å². The fourth-order valence-corrected chi connectivity index (χ4v) is 2.54. The van der Waals surface area contributed by atoms with Gasteiger partial charge in [0.1, 0.15) is 0 Å². The number of ether oxygens (including phenoxy) is 1. The molecule has 1 aromatic carbocycles. The zero-order valence-electron chi connectivity index (χ0n) is 14.2. The molecule has 21 heavy (non-hydrogen) atoms. The highest BCUT2D eigenvalue weighted by atomic mass is 16.5. The maximum Gasteiger partial charge on any atom is 0.0593 e. The van der Waals surface area contributed by atoms with Crippen LogP contribution in [0.4, 0.5) is 0 Å². The number of hydrogen-bond donors (Lipinski definition) is 1. The van der Waals surface area contributed by atoms with Crippen LogP contribution in [-0.4, -0.2) is 44.8 Å². The largest absolute Gasteiger partial charge is 0.380 e. The Morgan fingerprint density at radius 3 is 2.38 bits per heavy atom. The quantitative estimate of drug-likeness (QED) is 0.634. The molecule has 1 rings (SSSR count). The highest BCUT2D eigenvalue weighted by Crippen LogP contribution is 2.16. The van der Waals surface area contributed by atoms with Gasteiger partial charge in [-0.1, -0.05) is 44.5 Å². The van der Waals surface area contributed by atoms with Crippen LogP contribution in [-0.2, 0) is 11.2 Å². The molecule has 0 spiro atoms. The number of rotatable bonds is 11. The minimum atomic E-state index is 0.377. The Morgan fingerprint density at radius 2 is 1.86 bits per heavy atom. The van der Waals surface area contributed by atoms with Gasteiger partial charge in [-0.3, -0.25) is 4.90 Å². The van der Waals surface area contributed by atoms with Gasteiger partial charge in [0.2, 0.25) is 0 Å². The summed E-state index contributed by atoms with van der Waals surface area (Å²) in [5.74, 6) is 0. The standard InChI is InChI=1S/C18H32N2O/c1-5-8-16-9-11-17(12-10-16)18(19-4)15-20(6-2)13-14-21-7-3/h9-12,18-19H,5-8,13-15H2,1-4H3. The Bertz CT molecular complexity index is 364. The third kappa shape index (κ3) is 6.60. The van der Waals surface area contributed by atoms with Gasteiger partial charge in [0.05, 0.1) is 6.61 Å². The van der Waals surface area contributed by atoms with Gasteiger partial charge in [-0.05, 0) is 38.1 Å². The van der Waals surface area contributed by atoms with Crippen molar-refractivity contribution < 1.29 is 4.74 Å². The third-order valence-electron chi connectivity index (χ3n) is 3.91. The molecule has 0 radical (unpaired) electrons. The SMILES string of the molecule is CCCc1ccc(C(CN(CC)CCOCC)NC)cc1. The number of nitrogens with one attached hydrogen (secondary N) is 1. The van der Waals surface area contributed by atoms with Gasteiger partial charge in [0, 0.05) is 25.7 Å². The lowest BCUT2D eigenvalue weighted by Gasteiger charge is -2.26. The van der Waals surface area contributed by atoms with Gasteiger partial charge >= 0.3 is 0 Å². The van der Waals surface area contributed by atoms with Crippen LogP contribution in [0.3, 0.4) is 0 Å². The number of nitrogens with zero attached hydrogens (tertiary/aromatic N) is 1. The highest BCUT2D eigenvalue weighted by molar-refractivity contribution is 5.25. The summed E-state index contributed by atoms with van der Waals surface area (Å²) >= 11 is 0. The first-order valence-electron chi connectivity index (χ1n) is 8.31. The normalized spacial score (nSPS) is 12.8. The van der Waals surface area contributed by atoms with Crippen LogP contribution in [0.25, 0.3) is 0 Å². The Hall–Kier alpha value is -0.900. The first kappa shape index (κ1) is 18.1. The van der Waals surface area contributed by atoms with Crippen LogP contribution in [0.5, 0.6) is 0 Å². The van der Waals surface area contributed by atoms with Crippen LogP contribution in [0.1, 0.15) is 44.4 Å². The number of likely N-dealkylation sites (N-methyl/N-ethyl adjacent to an activating group) is 2. The van der Waals surface area contributed by atoms with Crippen molar-refractivity contribution in [3.05, 3.63) is 35.4 Å². The Kier molecular flexibility index (Phi) is 9.31. The zero-order valence-corrected chi connectivity index (χ0v) is 14.2. The van der Waals surface area contributed by atoms with E-state index in [0.717, 1.165) is 32.8 Å². The second-order valence-corrected chi connectivity index (χ2v) is 5.42. The molecule has 0 aliphatic carbocycles. The van der Waals surface area contributed by atoms with Gasteiger partial charge in [0.25, 0.3) is 0 Å². The summed E-state index contributed by atoms with van der Waals surface area (Å²) in [6.07, 6.45) is 2.37. The van der Waals surface area contributed by atoms with E-state index in [1.165, 1.54) is 24.0 Å². The van der Waals surface area contributed by atoms with Crippen LogP contribution in [0.2, 0.25) is 0 Å². The van der Waals surface area contributed by atoms with E-state index in [9.17, 15) is 0 Å². The molecule has 3 nitrogen and oxygen atoms in total. The topological polar surface area (TPSA) is 24.5 Å². The number of aryl methyl sites for hydroxylation is 1. The summed E-state index contributed by atoms with van der Waals surface area (Å²) in [5.41, 5.74) is 2.80. The second kappa shape index (κ2) is 10.8. The van der Waals surface area contributed by atoms with Crippen molar-refractivity contribution in [1.29, 1.82) is 0 Å². The van der Waals surface area contributed by atoms with E-state index in [0.29, 0.717) is 6.04 Å². The maximum absolute atomic E-state index is 5.47. The average molecular weight is 292 g/mol. The summed E-state index contributed by atoms with van der Waals surface area (Å²) in [6.45, 7) is 11.2. The monoisotopic (exact) mass is 292 g/mol. The zero-order chi connectivity index (χ0) is 15.5. The molecule has 0 bridgehead atoms. The first-order valence-corrected chi connectivity index (χ1v) is 8.31. The molecule has 0 heterocycles. The van der Waals surface area contributed by atoms with Crippen LogP contribution < -0.4 is 5.32 Å². The lowest BCUT2D eigenvalue weighted by molar-refractivity contribution is 0.111. The van der Waals surface area contributed by atoms with Gasteiger partial charge in [0.15, 0.2) is 0 Å². The van der Waals surface area contributed by atoms with Crippen molar-refractivity contribution >= 4 is 0 Å². The van der Waals surface area contributed by atoms with Gasteiger partial charge in [-0.2, -0.15) is 0 Å². The molecule has 0 aliphatic rings. The van der Waals surface area contributed by atoms with Crippen molar-refractivity contribution in [1.82, 2.24) is 10.2 Å². The number of hydrogen-bond acceptors (Lipinski definition) is 3. The van der Waals surface area contributed by atoms with Crippen LogP contribution >= 0.6 is 0 Å². The fourth-order valence-electron chi connectivity index (χ4n) is 2.54. The van der Waals surface area contributed by atoms with Crippen LogP contribution in [0, 0.1) is 0 Å². The first-order chi connectivity index (χ1) is 10.2. The minimum Gasteiger partial charge on any atom is -0.380 e. The molecule has 1 aromatic rings. The third-order valence-corrected chi connectivity index (χ3v) is 3.91. The van der Waals surface area contributed by atoms with Gasteiger partial charge < -0.3 is 10.1 Å². The molecule has 0 saturated heterocycles. The van der Waals surface area contributed by atoms with Crippen molar-refractivity contribution in [2.45, 2.75) is 39.7 Å². The molecular formula is C18H32N2O. The molecule has 0 fully saturated rings. The minimum absolute atomic E-state index is 0.377. The smallest absolute Gasteiger partial charge is 0.0593 e. The Labute approximate surface area is 130 Å². The lowest BCUT2D eigenvalue weighted by atomic mass is 10.0. The van der Waals surface area contributed by atoms with E-state index in [1.54, 1.807) is 0 Å². The Morgan fingerprint density at radius 1 is 1.14 bits per heavy atom. The molecule has 120 valence electrons. The molecule has 1 atom stereocenters. The molecule has 1 unspecified atom stereocenters. The summed E-state index contributed by atoms with van der Waals surface area (Å²) < 4.78 is 5.47.